The molecule has 0 radical (unpaired) electrons. The molecule has 0 saturated carbocycles. The van der Waals surface area contributed by atoms with Crippen molar-refractivity contribution in [2.45, 2.75) is 0 Å². The number of hydrogen-bond donors (Lipinski definition) is 0. The molecule has 0 atom stereocenters. The van der Waals surface area contributed by atoms with Crippen LogP contribution in [0.1, 0.15) is 0 Å². The third-order valence-electron chi connectivity index (χ3n) is 13.4. The lowest BCUT2D eigenvalue weighted by atomic mass is 10.0. The molecule has 0 unspecified atom stereocenters. The van der Waals surface area contributed by atoms with Crippen molar-refractivity contribution in [3.8, 4) is 62.2 Å². The largest absolute Gasteiger partial charge is 0.308 e. The molecule has 0 bridgehead atoms. The van der Waals surface area contributed by atoms with Crippen molar-refractivity contribution in [1.82, 2.24) is 38.6 Å². The number of para-hydroxylation sites is 3. The summed E-state index contributed by atoms with van der Waals surface area (Å²) < 4.78 is 6.77. The highest BCUT2D eigenvalue weighted by Gasteiger charge is 2.20. The number of fused-ring (bicyclic) bond motifs is 9. The highest BCUT2D eigenvalue weighted by molar-refractivity contribution is 6.12. The third kappa shape index (κ3) is 6.27. The molecule has 0 aliphatic heterocycles. The first-order valence-electron chi connectivity index (χ1n) is 23.1. The fraction of sp³-hybridized carbons (Fsp3) is 0. The maximum absolute atomic E-state index is 5.28. The fourth-order valence-corrected chi connectivity index (χ4v) is 10.2. The van der Waals surface area contributed by atoms with Crippen molar-refractivity contribution < 1.29 is 0 Å². The van der Waals surface area contributed by atoms with E-state index in [0.717, 1.165) is 111 Å². The van der Waals surface area contributed by atoms with Crippen molar-refractivity contribution in [1.29, 1.82) is 0 Å². The van der Waals surface area contributed by atoms with Gasteiger partial charge in [0.05, 0.1) is 62.1 Å². The van der Waals surface area contributed by atoms with Crippen LogP contribution in [0.4, 0.5) is 0 Å². The molecule has 0 amide bonds. The molecule has 69 heavy (non-hydrogen) atoms. The molecule has 0 N–H and O–H groups in total. The molecular formula is C61H38N8. The second kappa shape index (κ2) is 15.5. The smallest absolute Gasteiger partial charge is 0.235 e. The topological polar surface area (TPSA) is 79.2 Å². The lowest BCUT2D eigenvalue weighted by molar-refractivity contribution is 0.995. The first-order chi connectivity index (χ1) is 34.2. The second-order valence-corrected chi connectivity index (χ2v) is 17.4. The van der Waals surface area contributed by atoms with Gasteiger partial charge in [0, 0.05) is 56.3 Å². The third-order valence-corrected chi connectivity index (χ3v) is 13.4. The van der Waals surface area contributed by atoms with Gasteiger partial charge in [-0.25, -0.2) is 15.0 Å². The van der Waals surface area contributed by atoms with E-state index in [1.54, 1.807) is 0 Å². The SMILES string of the molecule is c1ccc(-c2cc(-c3ccccc3)nc(-n3c4ccccc4c4cc(-c5ccc6c7ccccc7n(-c7cncc(-c8ccc9c(n8)c8ncccc8n9-c8ccccc8)c7)c6c5)ccc43)n2)cc1. The molecule has 14 rings (SSSR count). The van der Waals surface area contributed by atoms with Crippen LogP contribution >= 0.6 is 0 Å². The van der Waals surface area contributed by atoms with E-state index < -0.39 is 0 Å². The van der Waals surface area contributed by atoms with Gasteiger partial charge in [-0.1, -0.05) is 133 Å². The van der Waals surface area contributed by atoms with Crippen molar-refractivity contribution >= 4 is 65.7 Å². The predicted molar refractivity (Wildman–Crippen MR) is 280 cm³/mol. The van der Waals surface area contributed by atoms with Gasteiger partial charge in [-0.15, -0.1) is 0 Å². The van der Waals surface area contributed by atoms with Gasteiger partial charge >= 0.3 is 0 Å². The van der Waals surface area contributed by atoms with Gasteiger partial charge in [-0.05, 0) is 90.0 Å². The van der Waals surface area contributed by atoms with Crippen LogP contribution in [0.25, 0.3) is 128 Å². The van der Waals surface area contributed by atoms with E-state index in [9.17, 15) is 0 Å². The zero-order chi connectivity index (χ0) is 45.4. The molecule has 8 nitrogen and oxygen atoms in total. The Morgan fingerprint density at radius 2 is 0.855 bits per heavy atom. The van der Waals surface area contributed by atoms with Gasteiger partial charge in [0.15, 0.2) is 0 Å². The standard InChI is InChI=1S/C61H38N8/c1-4-15-39(16-5-1)51-36-52(40-17-6-2-7-18-40)66-61(65-51)69-54-24-13-11-22-47(54)49-34-41(27-30-55(49)69)42-26-28-48-46-21-10-12-23-53(46)68(58(48)35-42)45-33-43(37-62-38-45)50-29-31-57-60(64-50)59-56(25-14-32-63-59)67(57)44-19-8-3-9-20-44/h1-38H. The average molecular weight is 883 g/mol. The second-order valence-electron chi connectivity index (χ2n) is 17.4. The molecule has 7 aromatic carbocycles. The number of benzene rings is 7. The summed E-state index contributed by atoms with van der Waals surface area (Å²) >= 11 is 0. The molecule has 0 saturated heterocycles. The van der Waals surface area contributed by atoms with Crippen LogP contribution < -0.4 is 0 Å². The normalized spacial score (nSPS) is 11.8. The minimum Gasteiger partial charge on any atom is -0.308 e. The number of pyridine rings is 3. The summed E-state index contributed by atoms with van der Waals surface area (Å²) in [5.74, 6) is 0.627. The monoisotopic (exact) mass is 882 g/mol. The number of aromatic nitrogens is 8. The summed E-state index contributed by atoms with van der Waals surface area (Å²) in [7, 11) is 0. The van der Waals surface area contributed by atoms with Crippen LogP contribution in [-0.4, -0.2) is 38.6 Å². The summed E-state index contributed by atoms with van der Waals surface area (Å²) in [4.78, 5) is 25.4. The van der Waals surface area contributed by atoms with Crippen LogP contribution in [0.3, 0.4) is 0 Å². The quantitative estimate of drug-likeness (QED) is 0.159. The average Bonchev–Trinajstić information content (AvgIpc) is 4.06. The molecule has 7 heterocycles. The number of nitrogens with zero attached hydrogens (tertiary/aromatic N) is 8. The highest BCUT2D eigenvalue weighted by Crippen LogP contribution is 2.39. The Morgan fingerprint density at radius 1 is 0.290 bits per heavy atom. The number of rotatable bonds is 7. The van der Waals surface area contributed by atoms with E-state index >= 15 is 0 Å². The Hall–Kier alpha value is -9.53. The predicted octanol–water partition coefficient (Wildman–Crippen LogP) is 14.6. The Morgan fingerprint density at radius 3 is 1.61 bits per heavy atom. The molecule has 14 aromatic rings. The Bertz CT molecular complexity index is 4250. The van der Waals surface area contributed by atoms with E-state index in [0.29, 0.717) is 5.95 Å². The summed E-state index contributed by atoms with van der Waals surface area (Å²) in [5.41, 5.74) is 17.8. The Labute approximate surface area is 395 Å². The summed E-state index contributed by atoms with van der Waals surface area (Å²) in [5, 5.41) is 4.60. The molecule has 0 aliphatic carbocycles. The number of hydrogen-bond acceptors (Lipinski definition) is 5. The van der Waals surface area contributed by atoms with Crippen molar-refractivity contribution in [2.24, 2.45) is 0 Å². The minimum absolute atomic E-state index is 0.627. The maximum atomic E-state index is 5.28. The zero-order valence-corrected chi connectivity index (χ0v) is 37.0. The van der Waals surface area contributed by atoms with Crippen molar-refractivity contribution in [3.05, 3.63) is 231 Å². The van der Waals surface area contributed by atoms with Crippen molar-refractivity contribution in [2.75, 3.05) is 0 Å². The van der Waals surface area contributed by atoms with E-state index in [-0.39, 0.29) is 0 Å². The van der Waals surface area contributed by atoms with Crippen LogP contribution in [0, 0.1) is 0 Å². The Balaban J connectivity index is 0.904. The Kier molecular flexibility index (Phi) is 8.72. The molecule has 0 aliphatic rings. The lowest BCUT2D eigenvalue weighted by Crippen LogP contribution is -2.03. The van der Waals surface area contributed by atoms with E-state index in [4.69, 9.17) is 24.9 Å². The zero-order valence-electron chi connectivity index (χ0n) is 37.0. The molecule has 7 aromatic heterocycles. The van der Waals surface area contributed by atoms with Crippen LogP contribution in [0.5, 0.6) is 0 Å². The summed E-state index contributed by atoms with van der Waals surface area (Å²) in [6.07, 6.45) is 5.68. The van der Waals surface area contributed by atoms with Crippen LogP contribution in [-0.2, 0) is 0 Å². The molecular weight excluding hydrogens is 845 g/mol. The van der Waals surface area contributed by atoms with Gasteiger partial charge in [-0.2, -0.15) is 0 Å². The molecule has 322 valence electrons. The van der Waals surface area contributed by atoms with Crippen molar-refractivity contribution in [3.63, 3.8) is 0 Å². The van der Waals surface area contributed by atoms with E-state index in [2.05, 4.69) is 202 Å². The van der Waals surface area contributed by atoms with Gasteiger partial charge < -0.3 is 9.13 Å². The van der Waals surface area contributed by atoms with Gasteiger partial charge in [0.2, 0.25) is 5.95 Å². The van der Waals surface area contributed by atoms with Gasteiger partial charge in [0.1, 0.15) is 11.0 Å². The summed E-state index contributed by atoms with van der Waals surface area (Å²) in [6.45, 7) is 0. The van der Waals surface area contributed by atoms with E-state index in [1.807, 2.05) is 42.9 Å². The fourth-order valence-electron chi connectivity index (χ4n) is 10.2. The highest BCUT2D eigenvalue weighted by atomic mass is 15.2. The molecule has 0 spiro atoms. The van der Waals surface area contributed by atoms with E-state index in [1.165, 1.54) is 10.8 Å². The lowest BCUT2D eigenvalue weighted by Gasteiger charge is -2.12. The first-order valence-corrected chi connectivity index (χ1v) is 23.1. The minimum atomic E-state index is 0.627. The van der Waals surface area contributed by atoms with Crippen LogP contribution in [0.15, 0.2) is 231 Å². The molecule has 0 fully saturated rings. The van der Waals surface area contributed by atoms with Gasteiger partial charge in [-0.3, -0.25) is 14.5 Å². The first kappa shape index (κ1) is 38.7. The van der Waals surface area contributed by atoms with Gasteiger partial charge in [0.25, 0.3) is 0 Å². The molecule has 8 heteroatoms. The summed E-state index contributed by atoms with van der Waals surface area (Å²) in [6, 6.07) is 74.4. The van der Waals surface area contributed by atoms with Crippen LogP contribution in [0.2, 0.25) is 0 Å². The maximum Gasteiger partial charge on any atom is 0.235 e.